The van der Waals surface area contributed by atoms with Gasteiger partial charge in [0.05, 0.1) is 6.61 Å². The summed E-state index contributed by atoms with van der Waals surface area (Å²) in [5.41, 5.74) is 9.73. The maximum absolute atomic E-state index is 5.85. The molecule has 2 aromatic rings. The van der Waals surface area contributed by atoms with Gasteiger partial charge < -0.3 is 10.5 Å². The smallest absolute Gasteiger partial charge is 0.122 e. The third kappa shape index (κ3) is 2.64. The molecule has 0 bridgehead atoms. The molecule has 0 aromatic heterocycles. The van der Waals surface area contributed by atoms with Crippen LogP contribution in [0.5, 0.6) is 5.75 Å². The molecule has 2 N–H and O–H groups in total. The molecule has 1 aliphatic heterocycles. The minimum absolute atomic E-state index is 0.544. The van der Waals surface area contributed by atoms with Crippen molar-refractivity contribution in [2.75, 3.05) is 6.61 Å². The first-order valence-electron chi connectivity index (χ1n) is 6.84. The van der Waals surface area contributed by atoms with Crippen molar-refractivity contribution in [1.29, 1.82) is 0 Å². The summed E-state index contributed by atoms with van der Waals surface area (Å²) in [7, 11) is 0. The zero-order valence-corrected chi connectivity index (χ0v) is 11.0. The van der Waals surface area contributed by atoms with Gasteiger partial charge in [-0.2, -0.15) is 0 Å². The van der Waals surface area contributed by atoms with Crippen LogP contribution in [0.3, 0.4) is 0 Å². The molecule has 1 aliphatic rings. The minimum atomic E-state index is 0.544. The number of ether oxygens (including phenoxy) is 1. The number of nitrogens with two attached hydrogens (primary N) is 1. The van der Waals surface area contributed by atoms with Crippen molar-refractivity contribution >= 4 is 0 Å². The normalized spacial score (nSPS) is 17.6. The van der Waals surface area contributed by atoms with Crippen LogP contribution in [-0.2, 0) is 19.4 Å². The van der Waals surface area contributed by atoms with Gasteiger partial charge in [0.2, 0.25) is 0 Å². The van der Waals surface area contributed by atoms with Gasteiger partial charge in [0, 0.05) is 12.5 Å². The lowest BCUT2D eigenvalue weighted by molar-refractivity contribution is 0.221. The molecule has 0 fully saturated rings. The predicted octanol–water partition coefficient (Wildman–Crippen LogP) is 2.94. The van der Waals surface area contributed by atoms with Gasteiger partial charge in [-0.05, 0) is 35.6 Å². The second kappa shape index (κ2) is 5.45. The van der Waals surface area contributed by atoms with Crippen molar-refractivity contribution in [2.45, 2.75) is 19.4 Å². The number of para-hydroxylation sites is 1. The van der Waals surface area contributed by atoms with Gasteiger partial charge in [0.1, 0.15) is 5.75 Å². The highest BCUT2D eigenvalue weighted by Crippen LogP contribution is 2.29. The van der Waals surface area contributed by atoms with Crippen LogP contribution in [0.4, 0.5) is 0 Å². The average molecular weight is 253 g/mol. The largest absolute Gasteiger partial charge is 0.493 e. The van der Waals surface area contributed by atoms with E-state index in [0.717, 1.165) is 25.2 Å². The standard InChI is InChI=1S/C17H19NO/c18-11-16-7-2-1-5-14(16)9-13-10-15-6-3-4-8-17(15)19-12-13/h1-8,13H,9-12,18H2/t13-/m0/s1. The first kappa shape index (κ1) is 12.2. The molecule has 2 nitrogen and oxygen atoms in total. The van der Waals surface area contributed by atoms with Crippen molar-refractivity contribution in [3.63, 3.8) is 0 Å². The van der Waals surface area contributed by atoms with Crippen molar-refractivity contribution < 1.29 is 4.74 Å². The Morgan fingerprint density at radius 3 is 2.58 bits per heavy atom. The number of hydrogen-bond donors (Lipinski definition) is 1. The predicted molar refractivity (Wildman–Crippen MR) is 77.2 cm³/mol. The zero-order valence-electron chi connectivity index (χ0n) is 11.0. The molecule has 0 unspecified atom stereocenters. The van der Waals surface area contributed by atoms with E-state index >= 15 is 0 Å². The molecule has 2 heteroatoms. The number of benzene rings is 2. The lowest BCUT2D eigenvalue weighted by atomic mass is 9.89. The molecule has 1 atom stereocenters. The van der Waals surface area contributed by atoms with E-state index in [4.69, 9.17) is 10.5 Å². The summed E-state index contributed by atoms with van der Waals surface area (Å²) >= 11 is 0. The first-order valence-corrected chi connectivity index (χ1v) is 6.84. The Labute approximate surface area is 114 Å². The molecule has 1 heterocycles. The Morgan fingerprint density at radius 2 is 1.74 bits per heavy atom. The summed E-state index contributed by atoms with van der Waals surface area (Å²) in [5.74, 6) is 1.59. The first-order chi connectivity index (χ1) is 9.36. The molecule has 0 radical (unpaired) electrons. The molecular formula is C17H19NO. The summed E-state index contributed by atoms with van der Waals surface area (Å²) in [6.07, 6.45) is 2.14. The minimum Gasteiger partial charge on any atom is -0.493 e. The topological polar surface area (TPSA) is 35.2 Å². The molecule has 98 valence electrons. The van der Waals surface area contributed by atoms with Crippen molar-refractivity contribution in [1.82, 2.24) is 0 Å². The molecule has 2 aromatic carbocycles. The van der Waals surface area contributed by atoms with E-state index in [1.54, 1.807) is 0 Å². The second-order valence-electron chi connectivity index (χ2n) is 5.17. The van der Waals surface area contributed by atoms with E-state index in [-0.39, 0.29) is 0 Å². The monoisotopic (exact) mass is 253 g/mol. The fourth-order valence-electron chi connectivity index (χ4n) is 2.79. The average Bonchev–Trinajstić information content (AvgIpc) is 2.48. The fraction of sp³-hybridized carbons (Fsp3) is 0.294. The number of hydrogen-bond acceptors (Lipinski definition) is 2. The Balaban J connectivity index is 1.75. The molecule has 0 aliphatic carbocycles. The van der Waals surface area contributed by atoms with Crippen molar-refractivity contribution in [3.05, 3.63) is 65.2 Å². The van der Waals surface area contributed by atoms with E-state index in [9.17, 15) is 0 Å². The highest BCUT2D eigenvalue weighted by atomic mass is 16.5. The number of rotatable bonds is 3. The maximum atomic E-state index is 5.85. The van der Waals surface area contributed by atoms with Crippen LogP contribution in [0, 0.1) is 5.92 Å². The third-order valence-corrected chi connectivity index (χ3v) is 3.80. The molecule has 3 rings (SSSR count). The third-order valence-electron chi connectivity index (χ3n) is 3.80. The van der Waals surface area contributed by atoms with E-state index in [1.165, 1.54) is 16.7 Å². The van der Waals surface area contributed by atoms with Gasteiger partial charge in [-0.1, -0.05) is 42.5 Å². The van der Waals surface area contributed by atoms with Crippen molar-refractivity contribution in [2.24, 2.45) is 11.7 Å². The van der Waals surface area contributed by atoms with Crippen LogP contribution in [0.25, 0.3) is 0 Å². The number of fused-ring (bicyclic) bond motifs is 1. The van der Waals surface area contributed by atoms with Crippen LogP contribution < -0.4 is 10.5 Å². The van der Waals surface area contributed by atoms with Crippen LogP contribution in [0.15, 0.2) is 48.5 Å². The van der Waals surface area contributed by atoms with E-state index in [1.807, 2.05) is 6.07 Å². The second-order valence-corrected chi connectivity index (χ2v) is 5.17. The molecule has 0 saturated heterocycles. The van der Waals surface area contributed by atoms with Crippen LogP contribution in [-0.4, -0.2) is 6.61 Å². The molecule has 0 spiro atoms. The Kier molecular flexibility index (Phi) is 3.51. The van der Waals surface area contributed by atoms with E-state index < -0.39 is 0 Å². The van der Waals surface area contributed by atoms with Crippen molar-refractivity contribution in [3.8, 4) is 5.75 Å². The van der Waals surface area contributed by atoms with Crippen LogP contribution in [0.1, 0.15) is 16.7 Å². The van der Waals surface area contributed by atoms with Gasteiger partial charge >= 0.3 is 0 Å². The molecule has 19 heavy (non-hydrogen) atoms. The highest BCUT2D eigenvalue weighted by molar-refractivity contribution is 5.36. The Morgan fingerprint density at radius 1 is 1.00 bits per heavy atom. The lowest BCUT2D eigenvalue weighted by Gasteiger charge is -2.25. The van der Waals surface area contributed by atoms with Crippen LogP contribution >= 0.6 is 0 Å². The Hall–Kier alpha value is -1.80. The summed E-state index contributed by atoms with van der Waals surface area (Å²) in [5, 5.41) is 0. The summed E-state index contributed by atoms with van der Waals surface area (Å²) < 4.78 is 5.85. The fourth-order valence-corrected chi connectivity index (χ4v) is 2.79. The molecular weight excluding hydrogens is 234 g/mol. The lowest BCUT2D eigenvalue weighted by Crippen LogP contribution is -2.23. The van der Waals surface area contributed by atoms with E-state index in [2.05, 4.69) is 42.5 Å². The highest BCUT2D eigenvalue weighted by Gasteiger charge is 2.20. The van der Waals surface area contributed by atoms with Gasteiger partial charge in [0.25, 0.3) is 0 Å². The molecule has 0 saturated carbocycles. The van der Waals surface area contributed by atoms with Gasteiger partial charge in [-0.3, -0.25) is 0 Å². The van der Waals surface area contributed by atoms with Gasteiger partial charge in [-0.25, -0.2) is 0 Å². The van der Waals surface area contributed by atoms with Gasteiger partial charge in [-0.15, -0.1) is 0 Å². The Bertz CT molecular complexity index is 565. The quantitative estimate of drug-likeness (QED) is 0.912. The zero-order chi connectivity index (χ0) is 13.1. The molecule has 0 amide bonds. The summed E-state index contributed by atoms with van der Waals surface area (Å²) in [4.78, 5) is 0. The summed E-state index contributed by atoms with van der Waals surface area (Å²) in [6.45, 7) is 1.41. The van der Waals surface area contributed by atoms with E-state index in [0.29, 0.717) is 12.5 Å². The summed E-state index contributed by atoms with van der Waals surface area (Å²) in [6, 6.07) is 16.8. The van der Waals surface area contributed by atoms with Crippen LogP contribution in [0.2, 0.25) is 0 Å². The van der Waals surface area contributed by atoms with Gasteiger partial charge in [0.15, 0.2) is 0 Å². The SMILES string of the molecule is NCc1ccccc1C[C@@H]1COc2ccccc2C1. The maximum Gasteiger partial charge on any atom is 0.122 e.